The fourth-order valence-corrected chi connectivity index (χ4v) is 3.93. The zero-order valence-electron chi connectivity index (χ0n) is 11.3. The van der Waals surface area contributed by atoms with Gasteiger partial charge in [0, 0.05) is 30.9 Å². The van der Waals surface area contributed by atoms with Gasteiger partial charge in [0.15, 0.2) is 5.78 Å². The molecule has 0 spiro atoms. The van der Waals surface area contributed by atoms with Crippen LogP contribution in [0.25, 0.3) is 0 Å². The Morgan fingerprint density at radius 3 is 2.67 bits per heavy atom. The molecular formula is C15H14N2O3S. The van der Waals surface area contributed by atoms with Gasteiger partial charge in [-0.05, 0) is 30.7 Å². The van der Waals surface area contributed by atoms with Crippen molar-refractivity contribution in [2.75, 3.05) is 10.8 Å². The Balaban J connectivity index is 2.14. The minimum atomic E-state index is -3.70. The first kappa shape index (κ1) is 13.8. The molecule has 2 aromatic rings. The zero-order valence-corrected chi connectivity index (χ0v) is 12.1. The molecule has 0 N–H and O–H groups in total. The monoisotopic (exact) mass is 302 g/mol. The molecule has 1 aliphatic rings. The number of carbonyl (C=O) groups excluding carboxylic acids is 1. The van der Waals surface area contributed by atoms with Crippen molar-refractivity contribution >= 4 is 21.5 Å². The molecule has 5 nitrogen and oxygen atoms in total. The molecule has 108 valence electrons. The predicted molar refractivity (Wildman–Crippen MR) is 78.8 cm³/mol. The number of benzene rings is 1. The molecule has 0 atom stereocenters. The molecule has 21 heavy (non-hydrogen) atoms. The summed E-state index contributed by atoms with van der Waals surface area (Å²) in [6.45, 7) is 0.292. The molecule has 2 heterocycles. The van der Waals surface area contributed by atoms with Crippen molar-refractivity contribution in [3.63, 3.8) is 0 Å². The van der Waals surface area contributed by atoms with Crippen molar-refractivity contribution in [3.8, 4) is 0 Å². The number of rotatable bonds is 2. The number of anilines is 1. The van der Waals surface area contributed by atoms with Crippen LogP contribution in [0.5, 0.6) is 0 Å². The first-order valence-electron chi connectivity index (χ1n) is 6.66. The van der Waals surface area contributed by atoms with Gasteiger partial charge in [0.25, 0.3) is 10.0 Å². The van der Waals surface area contributed by atoms with Gasteiger partial charge in [-0.1, -0.05) is 12.1 Å². The van der Waals surface area contributed by atoms with Crippen LogP contribution in [0.2, 0.25) is 0 Å². The van der Waals surface area contributed by atoms with Crippen molar-refractivity contribution in [2.24, 2.45) is 0 Å². The van der Waals surface area contributed by atoms with Crippen LogP contribution >= 0.6 is 0 Å². The maximum absolute atomic E-state index is 12.8. The van der Waals surface area contributed by atoms with Crippen LogP contribution in [-0.4, -0.2) is 25.7 Å². The maximum Gasteiger partial charge on any atom is 0.265 e. The molecule has 3 rings (SSSR count). The average Bonchev–Trinajstić information content (AvgIpc) is 2.68. The molecule has 0 amide bonds. The standard InChI is InChI=1S/C15H14N2O3S/c18-15-8-4-10-17(14-7-2-1-6-13(14)15)21(19,20)12-5-3-9-16-11-12/h1-3,5-7,9,11H,4,8,10H2. The number of nitrogens with zero attached hydrogens (tertiary/aromatic N) is 2. The molecule has 1 aromatic carbocycles. The van der Waals surface area contributed by atoms with E-state index >= 15 is 0 Å². The highest BCUT2D eigenvalue weighted by Gasteiger charge is 2.30. The first-order valence-corrected chi connectivity index (χ1v) is 8.10. The van der Waals surface area contributed by atoms with Gasteiger partial charge >= 0.3 is 0 Å². The third kappa shape index (κ3) is 2.42. The molecule has 0 saturated heterocycles. The van der Waals surface area contributed by atoms with E-state index in [0.29, 0.717) is 30.6 Å². The van der Waals surface area contributed by atoms with Gasteiger partial charge in [-0.2, -0.15) is 0 Å². The second kappa shape index (κ2) is 5.29. The highest BCUT2D eigenvalue weighted by molar-refractivity contribution is 7.92. The van der Waals surface area contributed by atoms with Gasteiger partial charge in [0.05, 0.1) is 5.69 Å². The number of Topliss-reactive ketones (excluding diaryl/α,β-unsaturated/α-hetero) is 1. The molecule has 0 bridgehead atoms. The van der Waals surface area contributed by atoms with Crippen LogP contribution in [0, 0.1) is 0 Å². The number of para-hydroxylation sites is 1. The Morgan fingerprint density at radius 1 is 1.10 bits per heavy atom. The van der Waals surface area contributed by atoms with Gasteiger partial charge in [-0.15, -0.1) is 0 Å². The van der Waals surface area contributed by atoms with E-state index in [2.05, 4.69) is 4.98 Å². The highest BCUT2D eigenvalue weighted by atomic mass is 32.2. The third-order valence-electron chi connectivity index (χ3n) is 3.46. The van der Waals surface area contributed by atoms with Crippen LogP contribution in [0.1, 0.15) is 23.2 Å². The van der Waals surface area contributed by atoms with Crippen LogP contribution in [-0.2, 0) is 10.0 Å². The smallest absolute Gasteiger partial charge is 0.265 e. The van der Waals surface area contributed by atoms with E-state index in [1.165, 1.54) is 22.8 Å². The normalized spacial score (nSPS) is 15.4. The van der Waals surface area contributed by atoms with Crippen molar-refractivity contribution in [1.82, 2.24) is 4.98 Å². The molecule has 0 fully saturated rings. The fraction of sp³-hybridized carbons (Fsp3) is 0.200. The Kier molecular flexibility index (Phi) is 3.47. The van der Waals surface area contributed by atoms with Crippen molar-refractivity contribution < 1.29 is 13.2 Å². The van der Waals surface area contributed by atoms with E-state index in [4.69, 9.17) is 0 Å². The number of ketones is 1. The van der Waals surface area contributed by atoms with Gasteiger partial charge in [0.1, 0.15) is 4.90 Å². The van der Waals surface area contributed by atoms with E-state index in [1.807, 2.05) is 0 Å². The summed E-state index contributed by atoms with van der Waals surface area (Å²) in [5.74, 6) is -0.0190. The summed E-state index contributed by atoms with van der Waals surface area (Å²) in [5, 5.41) is 0. The SMILES string of the molecule is O=C1CCCN(S(=O)(=O)c2cccnc2)c2ccccc21. The van der Waals surface area contributed by atoms with Crippen LogP contribution in [0.15, 0.2) is 53.7 Å². The molecule has 6 heteroatoms. The van der Waals surface area contributed by atoms with Crippen molar-refractivity contribution in [2.45, 2.75) is 17.7 Å². The Labute approximate surface area is 123 Å². The Bertz CT molecular complexity index is 773. The first-order chi connectivity index (χ1) is 10.1. The number of pyridine rings is 1. The Morgan fingerprint density at radius 2 is 1.90 bits per heavy atom. The summed E-state index contributed by atoms with van der Waals surface area (Å²) in [6, 6.07) is 9.93. The number of fused-ring (bicyclic) bond motifs is 1. The number of hydrogen-bond donors (Lipinski definition) is 0. The quantitative estimate of drug-likeness (QED) is 0.853. The summed E-state index contributed by atoms with van der Waals surface area (Å²) in [6.07, 6.45) is 3.71. The summed E-state index contributed by atoms with van der Waals surface area (Å²) in [7, 11) is -3.70. The summed E-state index contributed by atoms with van der Waals surface area (Å²) < 4.78 is 26.9. The number of carbonyl (C=O) groups is 1. The van der Waals surface area contributed by atoms with E-state index in [-0.39, 0.29) is 10.7 Å². The molecule has 0 saturated carbocycles. The van der Waals surface area contributed by atoms with Crippen LogP contribution in [0.3, 0.4) is 0 Å². The summed E-state index contributed by atoms with van der Waals surface area (Å²) >= 11 is 0. The summed E-state index contributed by atoms with van der Waals surface area (Å²) in [5.41, 5.74) is 0.909. The molecule has 1 aromatic heterocycles. The average molecular weight is 302 g/mol. The lowest BCUT2D eigenvalue weighted by Gasteiger charge is -2.23. The molecule has 1 aliphatic heterocycles. The van der Waals surface area contributed by atoms with Gasteiger partial charge in [0.2, 0.25) is 0 Å². The molecule has 0 unspecified atom stereocenters. The van der Waals surface area contributed by atoms with Crippen molar-refractivity contribution in [1.29, 1.82) is 0 Å². The number of aromatic nitrogens is 1. The van der Waals surface area contributed by atoms with Gasteiger partial charge in [-0.3, -0.25) is 14.1 Å². The lowest BCUT2D eigenvalue weighted by molar-refractivity contribution is 0.0984. The van der Waals surface area contributed by atoms with Crippen molar-refractivity contribution in [3.05, 3.63) is 54.4 Å². The van der Waals surface area contributed by atoms with Gasteiger partial charge < -0.3 is 0 Å². The lowest BCUT2D eigenvalue weighted by atomic mass is 10.1. The minimum Gasteiger partial charge on any atom is -0.294 e. The van der Waals surface area contributed by atoms with E-state index in [1.54, 1.807) is 30.3 Å². The molecule has 0 radical (unpaired) electrons. The predicted octanol–water partition coefficient (Wildman–Crippen LogP) is 2.25. The number of sulfonamides is 1. The van der Waals surface area contributed by atoms with Crippen LogP contribution < -0.4 is 4.31 Å². The zero-order chi connectivity index (χ0) is 14.9. The third-order valence-corrected chi connectivity index (χ3v) is 5.26. The molecule has 0 aliphatic carbocycles. The fourth-order valence-electron chi connectivity index (χ4n) is 2.44. The second-order valence-corrected chi connectivity index (χ2v) is 6.67. The highest BCUT2D eigenvalue weighted by Crippen LogP contribution is 2.30. The summed E-state index contributed by atoms with van der Waals surface area (Å²) in [4.78, 5) is 16.1. The minimum absolute atomic E-state index is 0.0190. The molecular weight excluding hydrogens is 288 g/mol. The largest absolute Gasteiger partial charge is 0.294 e. The number of hydrogen-bond acceptors (Lipinski definition) is 4. The van der Waals surface area contributed by atoms with Crippen LogP contribution in [0.4, 0.5) is 5.69 Å². The topological polar surface area (TPSA) is 67.3 Å². The second-order valence-electron chi connectivity index (χ2n) is 4.81. The lowest BCUT2D eigenvalue weighted by Crippen LogP contribution is -2.31. The van der Waals surface area contributed by atoms with E-state index < -0.39 is 10.0 Å². The maximum atomic E-state index is 12.8. The van der Waals surface area contributed by atoms with E-state index in [9.17, 15) is 13.2 Å². The van der Waals surface area contributed by atoms with E-state index in [0.717, 1.165) is 0 Å². The van der Waals surface area contributed by atoms with Gasteiger partial charge in [-0.25, -0.2) is 8.42 Å². The Hall–Kier alpha value is -2.21.